The Kier molecular flexibility index (Phi) is 5.89. The highest BCUT2D eigenvalue weighted by atomic mass is 32.2. The summed E-state index contributed by atoms with van der Waals surface area (Å²) in [4.78, 5) is 29.0. The Bertz CT molecular complexity index is 662. The number of amides is 2. The number of carbonyl (C=O) groups is 2. The third-order valence-electron chi connectivity index (χ3n) is 5.13. The molecule has 3 rings (SSSR count). The van der Waals surface area contributed by atoms with Crippen molar-refractivity contribution in [3.05, 3.63) is 35.4 Å². The normalized spacial score (nSPS) is 19.9. The van der Waals surface area contributed by atoms with Gasteiger partial charge >= 0.3 is 0 Å². The fraction of sp³-hybridized carbons (Fsp3) is 0.579. The number of rotatable bonds is 4. The minimum atomic E-state index is -0.923. The summed E-state index contributed by atoms with van der Waals surface area (Å²) in [6.45, 7) is 2.42. The molecule has 136 valence electrons. The number of hydrogen-bond acceptors (Lipinski definition) is 3. The number of carbonyl (C=O) groups excluding carboxylic acids is 2. The molecule has 1 aliphatic carbocycles. The lowest BCUT2D eigenvalue weighted by molar-refractivity contribution is -0.136. The van der Waals surface area contributed by atoms with E-state index in [9.17, 15) is 13.8 Å². The van der Waals surface area contributed by atoms with Crippen LogP contribution in [-0.2, 0) is 21.3 Å². The summed E-state index contributed by atoms with van der Waals surface area (Å²) in [7, 11) is -0.923. The molecule has 0 bridgehead atoms. The molecule has 0 N–H and O–H groups in total. The van der Waals surface area contributed by atoms with E-state index in [1.165, 1.54) is 0 Å². The van der Waals surface area contributed by atoms with Gasteiger partial charge in [-0.3, -0.25) is 13.8 Å². The van der Waals surface area contributed by atoms with Crippen LogP contribution in [0.1, 0.15) is 41.6 Å². The summed E-state index contributed by atoms with van der Waals surface area (Å²) in [5, 5.41) is 0. The SMILES string of the molecule is CS(=O)Cc1cccc(C(=O)N2CCN(C(=O)C3CCCC3)CC2)c1. The van der Waals surface area contributed by atoms with Gasteiger partial charge in [-0.1, -0.05) is 25.0 Å². The van der Waals surface area contributed by atoms with Gasteiger partial charge in [0.15, 0.2) is 0 Å². The summed E-state index contributed by atoms with van der Waals surface area (Å²) < 4.78 is 11.4. The zero-order valence-corrected chi connectivity index (χ0v) is 15.6. The maximum Gasteiger partial charge on any atom is 0.253 e. The molecule has 1 aromatic rings. The number of piperazine rings is 1. The molecule has 2 fully saturated rings. The molecule has 1 atom stereocenters. The molecule has 1 saturated carbocycles. The molecule has 0 aromatic heterocycles. The highest BCUT2D eigenvalue weighted by Crippen LogP contribution is 2.27. The van der Waals surface area contributed by atoms with Crippen LogP contribution in [0.15, 0.2) is 24.3 Å². The van der Waals surface area contributed by atoms with Gasteiger partial charge in [-0.15, -0.1) is 0 Å². The van der Waals surface area contributed by atoms with Crippen LogP contribution in [0, 0.1) is 5.92 Å². The lowest BCUT2D eigenvalue weighted by Gasteiger charge is -2.36. The Labute approximate surface area is 151 Å². The summed E-state index contributed by atoms with van der Waals surface area (Å²) >= 11 is 0. The van der Waals surface area contributed by atoms with E-state index in [0.717, 1.165) is 31.2 Å². The van der Waals surface area contributed by atoms with Crippen molar-refractivity contribution in [2.75, 3.05) is 32.4 Å². The zero-order valence-electron chi connectivity index (χ0n) is 14.8. The summed E-state index contributed by atoms with van der Waals surface area (Å²) in [6.07, 6.45) is 6.02. The predicted octanol–water partition coefficient (Wildman–Crippen LogP) is 2.04. The van der Waals surface area contributed by atoms with Crippen molar-refractivity contribution in [2.45, 2.75) is 31.4 Å². The van der Waals surface area contributed by atoms with Crippen LogP contribution in [-0.4, -0.2) is 58.3 Å². The van der Waals surface area contributed by atoms with E-state index in [1.807, 2.05) is 28.0 Å². The zero-order chi connectivity index (χ0) is 17.8. The first-order chi connectivity index (χ1) is 12.0. The summed E-state index contributed by atoms with van der Waals surface area (Å²) in [5.41, 5.74) is 1.56. The molecule has 0 radical (unpaired) electrons. The van der Waals surface area contributed by atoms with E-state index in [2.05, 4.69) is 0 Å². The van der Waals surface area contributed by atoms with Gasteiger partial charge in [0.25, 0.3) is 5.91 Å². The third kappa shape index (κ3) is 4.48. The van der Waals surface area contributed by atoms with Crippen molar-refractivity contribution in [1.29, 1.82) is 0 Å². The molecule has 2 aliphatic rings. The Morgan fingerprint density at radius 2 is 1.72 bits per heavy atom. The molecule has 5 nitrogen and oxygen atoms in total. The van der Waals surface area contributed by atoms with Crippen LogP contribution in [0.5, 0.6) is 0 Å². The van der Waals surface area contributed by atoms with Crippen LogP contribution in [0.4, 0.5) is 0 Å². The Balaban J connectivity index is 1.58. The molecule has 0 spiro atoms. The van der Waals surface area contributed by atoms with Gasteiger partial charge < -0.3 is 9.80 Å². The minimum absolute atomic E-state index is 0.00305. The van der Waals surface area contributed by atoms with E-state index >= 15 is 0 Å². The largest absolute Gasteiger partial charge is 0.339 e. The average Bonchev–Trinajstić information content (AvgIpc) is 3.15. The van der Waals surface area contributed by atoms with Gasteiger partial charge in [0.2, 0.25) is 5.91 Å². The molecular formula is C19H26N2O3S. The Hall–Kier alpha value is -1.69. The van der Waals surface area contributed by atoms with E-state index in [4.69, 9.17) is 0 Å². The second kappa shape index (κ2) is 8.13. The number of hydrogen-bond donors (Lipinski definition) is 0. The molecule has 25 heavy (non-hydrogen) atoms. The van der Waals surface area contributed by atoms with Gasteiger partial charge in [0.05, 0.1) is 0 Å². The second-order valence-electron chi connectivity index (χ2n) is 7.02. The Morgan fingerprint density at radius 1 is 1.08 bits per heavy atom. The average molecular weight is 362 g/mol. The Morgan fingerprint density at radius 3 is 2.36 bits per heavy atom. The van der Waals surface area contributed by atoms with E-state index < -0.39 is 10.8 Å². The number of nitrogens with zero attached hydrogens (tertiary/aromatic N) is 2. The van der Waals surface area contributed by atoms with Crippen molar-refractivity contribution in [2.24, 2.45) is 5.92 Å². The fourth-order valence-corrected chi connectivity index (χ4v) is 4.42. The van der Waals surface area contributed by atoms with Crippen molar-refractivity contribution in [3.63, 3.8) is 0 Å². The minimum Gasteiger partial charge on any atom is -0.339 e. The monoisotopic (exact) mass is 362 g/mol. The smallest absolute Gasteiger partial charge is 0.253 e. The van der Waals surface area contributed by atoms with Crippen molar-refractivity contribution in [3.8, 4) is 0 Å². The van der Waals surface area contributed by atoms with Gasteiger partial charge in [-0.2, -0.15) is 0 Å². The maximum atomic E-state index is 12.7. The van der Waals surface area contributed by atoms with Crippen molar-refractivity contribution in [1.82, 2.24) is 9.80 Å². The van der Waals surface area contributed by atoms with Crippen molar-refractivity contribution < 1.29 is 13.8 Å². The molecule has 1 heterocycles. The molecular weight excluding hydrogens is 336 g/mol. The van der Waals surface area contributed by atoms with Crippen LogP contribution < -0.4 is 0 Å². The van der Waals surface area contributed by atoms with Crippen LogP contribution >= 0.6 is 0 Å². The third-order valence-corrected chi connectivity index (χ3v) is 5.87. The molecule has 1 aromatic carbocycles. The van der Waals surface area contributed by atoms with Crippen LogP contribution in [0.2, 0.25) is 0 Å². The molecule has 1 unspecified atom stereocenters. The predicted molar refractivity (Wildman–Crippen MR) is 98.7 cm³/mol. The molecule has 2 amide bonds. The van der Waals surface area contributed by atoms with E-state index in [-0.39, 0.29) is 17.7 Å². The number of benzene rings is 1. The lowest BCUT2D eigenvalue weighted by atomic mass is 10.1. The standard InChI is InChI=1S/C19H26N2O3S/c1-25(24)14-15-5-4-8-17(13-15)19(23)21-11-9-20(10-12-21)18(22)16-6-2-3-7-16/h4-5,8,13,16H,2-3,6-7,9-12,14H2,1H3. The highest BCUT2D eigenvalue weighted by molar-refractivity contribution is 7.83. The van der Waals surface area contributed by atoms with Crippen LogP contribution in [0.25, 0.3) is 0 Å². The van der Waals surface area contributed by atoms with Crippen molar-refractivity contribution >= 4 is 22.6 Å². The first kappa shape index (κ1) is 18.1. The highest BCUT2D eigenvalue weighted by Gasteiger charge is 2.30. The second-order valence-corrected chi connectivity index (χ2v) is 8.45. The van der Waals surface area contributed by atoms with Crippen LogP contribution in [0.3, 0.4) is 0 Å². The summed E-state index contributed by atoms with van der Waals surface area (Å²) in [6, 6.07) is 7.38. The quantitative estimate of drug-likeness (QED) is 0.824. The van der Waals surface area contributed by atoms with E-state index in [0.29, 0.717) is 37.5 Å². The molecule has 1 aliphatic heterocycles. The maximum absolute atomic E-state index is 12.7. The fourth-order valence-electron chi connectivity index (χ4n) is 3.77. The first-order valence-corrected chi connectivity index (χ1v) is 10.7. The topological polar surface area (TPSA) is 57.7 Å². The molecule has 6 heteroatoms. The first-order valence-electron chi connectivity index (χ1n) is 9.01. The van der Waals surface area contributed by atoms with Gasteiger partial charge in [0.1, 0.15) is 0 Å². The summed E-state index contributed by atoms with van der Waals surface area (Å²) in [5.74, 6) is 0.938. The van der Waals surface area contributed by atoms with Gasteiger partial charge in [-0.05, 0) is 30.5 Å². The van der Waals surface area contributed by atoms with Gasteiger partial charge in [-0.25, -0.2) is 0 Å². The lowest BCUT2D eigenvalue weighted by Crippen LogP contribution is -2.51. The van der Waals surface area contributed by atoms with Gasteiger partial charge in [0, 0.05) is 60.5 Å². The molecule has 1 saturated heterocycles. The van der Waals surface area contributed by atoms with E-state index in [1.54, 1.807) is 12.3 Å².